The average Bonchev–Trinajstić information content (AvgIpc) is 2.93. The minimum Gasteiger partial charge on any atom is -0.480 e. The van der Waals surface area contributed by atoms with Crippen LogP contribution in [0, 0.1) is 6.92 Å². The van der Waals surface area contributed by atoms with Crippen molar-refractivity contribution >= 4 is 18.4 Å². The summed E-state index contributed by atoms with van der Waals surface area (Å²) in [6.45, 7) is 4.25. The highest BCUT2D eigenvalue weighted by atomic mass is 35.5. The Hall–Kier alpha value is -1.92. The predicted octanol–water partition coefficient (Wildman–Crippen LogP) is 2.73. The van der Waals surface area contributed by atoms with Crippen molar-refractivity contribution in [3.8, 4) is 0 Å². The van der Waals surface area contributed by atoms with E-state index >= 15 is 0 Å². The predicted molar refractivity (Wildman–Crippen MR) is 88.7 cm³/mol. The van der Waals surface area contributed by atoms with Gasteiger partial charge in [0.05, 0.1) is 6.54 Å². The van der Waals surface area contributed by atoms with Crippen LogP contribution in [-0.4, -0.2) is 27.3 Å². The Balaban J connectivity index is 0.00000264. The number of hydrogen-bond donors (Lipinski definition) is 2. The van der Waals surface area contributed by atoms with Gasteiger partial charge >= 0.3 is 5.97 Å². The fourth-order valence-corrected chi connectivity index (χ4v) is 2.22. The first-order valence-electron chi connectivity index (χ1n) is 7.42. The number of aromatic nitrogens is 2. The van der Waals surface area contributed by atoms with E-state index in [1.165, 1.54) is 5.56 Å². The summed E-state index contributed by atoms with van der Waals surface area (Å²) in [5.74, 6) is 0.154. The number of hydrogen-bond acceptors (Lipinski definition) is 5. The fraction of sp³-hybridized carbons (Fsp3) is 0.438. The summed E-state index contributed by atoms with van der Waals surface area (Å²) in [6.07, 6.45) is 1.97. The van der Waals surface area contributed by atoms with Gasteiger partial charge in [0.1, 0.15) is 6.04 Å². The summed E-state index contributed by atoms with van der Waals surface area (Å²) >= 11 is 0. The monoisotopic (exact) mass is 339 g/mol. The Bertz CT molecular complexity index is 631. The molecule has 23 heavy (non-hydrogen) atoms. The lowest BCUT2D eigenvalue weighted by atomic mass is 10.1. The molecule has 0 radical (unpaired) electrons. The molecule has 0 aliphatic rings. The Labute approximate surface area is 141 Å². The van der Waals surface area contributed by atoms with E-state index in [9.17, 15) is 4.79 Å². The van der Waals surface area contributed by atoms with Crippen LogP contribution in [0.1, 0.15) is 42.6 Å². The van der Waals surface area contributed by atoms with E-state index in [2.05, 4.69) is 15.5 Å². The highest BCUT2D eigenvalue weighted by molar-refractivity contribution is 5.85. The van der Waals surface area contributed by atoms with Gasteiger partial charge in [-0.25, -0.2) is 0 Å². The highest BCUT2D eigenvalue weighted by Crippen LogP contribution is 2.11. The van der Waals surface area contributed by atoms with Crippen molar-refractivity contribution in [2.24, 2.45) is 0 Å². The zero-order valence-electron chi connectivity index (χ0n) is 13.3. The van der Waals surface area contributed by atoms with E-state index in [4.69, 9.17) is 9.63 Å². The smallest absolute Gasteiger partial charge is 0.320 e. The second-order valence-corrected chi connectivity index (χ2v) is 5.27. The molecule has 1 heterocycles. The molecule has 126 valence electrons. The number of carboxylic acid groups (broad SMARTS) is 1. The van der Waals surface area contributed by atoms with Gasteiger partial charge in [0.2, 0.25) is 5.89 Å². The number of nitrogens with zero attached hydrogens (tertiary/aromatic N) is 2. The molecule has 2 rings (SSSR count). The third kappa shape index (κ3) is 5.65. The molecule has 0 aliphatic carbocycles. The van der Waals surface area contributed by atoms with Crippen molar-refractivity contribution in [3.05, 3.63) is 47.1 Å². The summed E-state index contributed by atoms with van der Waals surface area (Å²) < 4.78 is 5.17. The number of halogens is 1. The van der Waals surface area contributed by atoms with Crippen molar-refractivity contribution in [2.45, 2.75) is 45.7 Å². The summed E-state index contributed by atoms with van der Waals surface area (Å²) in [7, 11) is 0. The number of benzene rings is 1. The van der Waals surface area contributed by atoms with E-state index in [0.717, 1.165) is 12.0 Å². The molecule has 0 bridgehead atoms. The molecule has 1 aromatic carbocycles. The van der Waals surface area contributed by atoms with Crippen molar-refractivity contribution in [3.63, 3.8) is 0 Å². The van der Waals surface area contributed by atoms with Gasteiger partial charge in [0.15, 0.2) is 5.82 Å². The summed E-state index contributed by atoms with van der Waals surface area (Å²) in [5, 5.41) is 16.0. The quantitative estimate of drug-likeness (QED) is 0.768. The van der Waals surface area contributed by atoms with Crippen molar-refractivity contribution in [1.29, 1.82) is 0 Å². The first-order valence-corrected chi connectivity index (χ1v) is 7.42. The number of carboxylic acids is 1. The molecule has 2 N–H and O–H groups in total. The highest BCUT2D eigenvalue weighted by Gasteiger charge is 2.17. The van der Waals surface area contributed by atoms with Crippen LogP contribution >= 0.6 is 12.4 Å². The summed E-state index contributed by atoms with van der Waals surface area (Å²) in [5.41, 5.74) is 2.33. The van der Waals surface area contributed by atoms with Crippen LogP contribution in [0.2, 0.25) is 0 Å². The number of aryl methyl sites for hydroxylation is 1. The third-order valence-corrected chi connectivity index (χ3v) is 3.50. The first-order chi connectivity index (χ1) is 10.6. The van der Waals surface area contributed by atoms with Crippen LogP contribution in [-0.2, 0) is 17.8 Å². The van der Waals surface area contributed by atoms with Crippen LogP contribution in [0.5, 0.6) is 0 Å². The topological polar surface area (TPSA) is 88.3 Å². The maximum absolute atomic E-state index is 11.1. The van der Waals surface area contributed by atoms with Gasteiger partial charge in [-0.2, -0.15) is 4.98 Å². The zero-order chi connectivity index (χ0) is 15.9. The second kappa shape index (κ2) is 9.27. The van der Waals surface area contributed by atoms with Gasteiger partial charge in [0, 0.05) is 6.42 Å². The van der Waals surface area contributed by atoms with Crippen molar-refractivity contribution in [2.75, 3.05) is 0 Å². The molecule has 1 aromatic heterocycles. The van der Waals surface area contributed by atoms with Crippen LogP contribution in [0.15, 0.2) is 28.8 Å². The maximum Gasteiger partial charge on any atom is 0.320 e. The molecule has 0 saturated carbocycles. The molecule has 1 atom stereocenters. The zero-order valence-corrected chi connectivity index (χ0v) is 14.1. The Morgan fingerprint density at radius 1 is 1.39 bits per heavy atom. The number of aliphatic carboxylic acids is 1. The second-order valence-electron chi connectivity index (χ2n) is 5.27. The van der Waals surface area contributed by atoms with Gasteiger partial charge in [-0.1, -0.05) is 42.8 Å². The SMILES string of the molecule is CCCC(NCc1nc(Cc2ccccc2C)no1)C(=O)O.Cl. The van der Waals surface area contributed by atoms with E-state index < -0.39 is 12.0 Å². The maximum atomic E-state index is 11.1. The van der Waals surface area contributed by atoms with E-state index in [-0.39, 0.29) is 19.0 Å². The fourth-order valence-electron chi connectivity index (χ4n) is 2.22. The average molecular weight is 340 g/mol. The van der Waals surface area contributed by atoms with Crippen LogP contribution < -0.4 is 5.32 Å². The van der Waals surface area contributed by atoms with Gasteiger partial charge in [-0.15, -0.1) is 12.4 Å². The number of carbonyl (C=O) groups is 1. The molecular formula is C16H22ClN3O3. The van der Waals surface area contributed by atoms with Crippen LogP contribution in [0.4, 0.5) is 0 Å². The minimum absolute atomic E-state index is 0. The van der Waals surface area contributed by atoms with Gasteiger partial charge in [0.25, 0.3) is 0 Å². The van der Waals surface area contributed by atoms with E-state index in [1.54, 1.807) is 0 Å². The minimum atomic E-state index is -0.860. The van der Waals surface area contributed by atoms with E-state index in [1.807, 2.05) is 38.1 Å². The van der Waals surface area contributed by atoms with Crippen molar-refractivity contribution < 1.29 is 14.4 Å². The molecule has 0 amide bonds. The molecule has 0 saturated heterocycles. The molecule has 6 nitrogen and oxygen atoms in total. The molecule has 0 fully saturated rings. The standard InChI is InChI=1S/C16H21N3O3.ClH/c1-3-6-13(16(20)21)17-10-15-18-14(19-22-15)9-12-8-5-4-7-11(12)2;/h4-5,7-8,13,17H,3,6,9-10H2,1-2H3,(H,20,21);1H. The lowest BCUT2D eigenvalue weighted by Gasteiger charge is -2.11. The molecule has 7 heteroatoms. The summed E-state index contributed by atoms with van der Waals surface area (Å²) in [6, 6.07) is 7.46. The lowest BCUT2D eigenvalue weighted by molar-refractivity contribution is -0.139. The Morgan fingerprint density at radius 3 is 2.78 bits per heavy atom. The normalized spacial score (nSPS) is 11.7. The molecule has 1 unspecified atom stereocenters. The molecule has 0 spiro atoms. The first kappa shape index (κ1) is 19.1. The van der Waals surface area contributed by atoms with Crippen LogP contribution in [0.3, 0.4) is 0 Å². The lowest BCUT2D eigenvalue weighted by Crippen LogP contribution is -2.36. The van der Waals surface area contributed by atoms with Crippen LogP contribution in [0.25, 0.3) is 0 Å². The van der Waals surface area contributed by atoms with E-state index in [0.29, 0.717) is 24.6 Å². The molecule has 0 aliphatic heterocycles. The molecule has 2 aromatic rings. The van der Waals surface area contributed by atoms with Crippen molar-refractivity contribution in [1.82, 2.24) is 15.5 Å². The van der Waals surface area contributed by atoms with Gasteiger partial charge < -0.3 is 9.63 Å². The number of rotatable bonds is 8. The number of nitrogens with one attached hydrogen (secondary N) is 1. The Morgan fingerprint density at radius 2 is 2.13 bits per heavy atom. The van der Waals surface area contributed by atoms with Gasteiger partial charge in [-0.3, -0.25) is 10.1 Å². The van der Waals surface area contributed by atoms with Gasteiger partial charge in [-0.05, 0) is 24.5 Å². The summed E-state index contributed by atoms with van der Waals surface area (Å²) in [4.78, 5) is 15.4. The Kier molecular flexibility index (Phi) is 7.71. The largest absolute Gasteiger partial charge is 0.480 e. The third-order valence-electron chi connectivity index (χ3n) is 3.50. The molecular weight excluding hydrogens is 318 g/mol.